The second-order valence-corrected chi connectivity index (χ2v) is 5.75. The van der Waals surface area contributed by atoms with Gasteiger partial charge in [0, 0.05) is 0 Å². The second kappa shape index (κ2) is 17.7. The van der Waals surface area contributed by atoms with Crippen LogP contribution in [0.2, 0.25) is 0 Å². The molecule has 0 rings (SSSR count). The van der Waals surface area contributed by atoms with Crippen LogP contribution in [0.3, 0.4) is 0 Å². The van der Waals surface area contributed by atoms with Crippen molar-refractivity contribution in [3.05, 3.63) is 17.1 Å². The first-order valence-corrected chi connectivity index (χ1v) is 8.92. The van der Waals surface area contributed by atoms with E-state index in [1.54, 1.807) is 0 Å². The molecule has 0 saturated carbocycles. The SMILES string of the molecule is CCCC/C=C\CCCCCCCCCCOC(=O)C[N+]#N. The molecule has 0 fully saturated rings. The summed E-state index contributed by atoms with van der Waals surface area (Å²) in [6.07, 6.45) is 19.5. The van der Waals surface area contributed by atoms with Gasteiger partial charge in [0.25, 0.3) is 0 Å². The fourth-order valence-corrected chi connectivity index (χ4v) is 2.27. The molecule has 22 heavy (non-hydrogen) atoms. The maximum absolute atomic E-state index is 10.9. The molecule has 0 aromatic rings. The highest BCUT2D eigenvalue weighted by atomic mass is 16.5. The summed E-state index contributed by atoms with van der Waals surface area (Å²) in [5.74, 6) is -0.453. The zero-order chi connectivity index (χ0) is 16.3. The molecule has 0 aliphatic heterocycles. The van der Waals surface area contributed by atoms with Crippen molar-refractivity contribution in [2.45, 2.75) is 84.0 Å². The van der Waals surface area contributed by atoms with Gasteiger partial charge in [0.05, 0.1) is 6.61 Å². The van der Waals surface area contributed by atoms with E-state index in [1.165, 1.54) is 64.2 Å². The molecule has 0 unspecified atom stereocenters. The smallest absolute Gasteiger partial charge is 0.399 e. The van der Waals surface area contributed by atoms with Gasteiger partial charge in [-0.25, -0.2) is 4.79 Å². The van der Waals surface area contributed by atoms with Crippen LogP contribution in [-0.2, 0) is 9.53 Å². The van der Waals surface area contributed by atoms with Gasteiger partial charge in [0.1, 0.15) is 4.98 Å². The molecule has 0 aromatic carbocycles. The van der Waals surface area contributed by atoms with E-state index in [9.17, 15) is 4.79 Å². The molecule has 0 aliphatic rings. The molecule has 0 bridgehead atoms. The van der Waals surface area contributed by atoms with Crippen LogP contribution in [0.1, 0.15) is 84.0 Å². The number of esters is 1. The summed E-state index contributed by atoms with van der Waals surface area (Å²) in [4.78, 5) is 13.6. The van der Waals surface area contributed by atoms with Gasteiger partial charge in [-0.3, -0.25) is 0 Å². The van der Waals surface area contributed by atoms with E-state index < -0.39 is 5.97 Å². The number of carbonyl (C=O) groups is 1. The first-order valence-electron chi connectivity index (χ1n) is 8.92. The molecule has 0 spiro atoms. The molecular weight excluding hydrogens is 276 g/mol. The molecule has 0 amide bonds. The minimum Gasteiger partial charge on any atom is -0.460 e. The van der Waals surface area contributed by atoms with E-state index in [2.05, 4.69) is 24.1 Å². The molecule has 4 nitrogen and oxygen atoms in total. The maximum atomic E-state index is 10.9. The summed E-state index contributed by atoms with van der Waals surface area (Å²) < 4.78 is 4.89. The minimum atomic E-state index is -0.453. The summed E-state index contributed by atoms with van der Waals surface area (Å²) >= 11 is 0. The highest BCUT2D eigenvalue weighted by Crippen LogP contribution is 2.10. The third kappa shape index (κ3) is 16.7. The van der Waals surface area contributed by atoms with Crippen molar-refractivity contribution in [1.29, 1.82) is 5.39 Å². The molecular formula is C18H33N2O2+. The Kier molecular flexibility index (Phi) is 16.6. The first kappa shape index (κ1) is 20.6. The van der Waals surface area contributed by atoms with Crippen LogP contribution in [0.5, 0.6) is 0 Å². The van der Waals surface area contributed by atoms with Crippen molar-refractivity contribution in [3.63, 3.8) is 0 Å². The Hall–Kier alpha value is -1.37. The summed E-state index contributed by atoms with van der Waals surface area (Å²) in [6, 6.07) is 0. The van der Waals surface area contributed by atoms with Crippen molar-refractivity contribution in [1.82, 2.24) is 0 Å². The Morgan fingerprint density at radius 2 is 1.45 bits per heavy atom. The van der Waals surface area contributed by atoms with Crippen LogP contribution in [0.4, 0.5) is 0 Å². The quantitative estimate of drug-likeness (QED) is 0.170. The number of allylic oxidation sites excluding steroid dienone is 2. The number of ether oxygens (including phenoxy) is 1. The van der Waals surface area contributed by atoms with Gasteiger partial charge in [0.15, 0.2) is 0 Å². The Morgan fingerprint density at radius 1 is 0.909 bits per heavy atom. The van der Waals surface area contributed by atoms with Crippen molar-refractivity contribution in [2.24, 2.45) is 0 Å². The fourth-order valence-electron chi connectivity index (χ4n) is 2.27. The molecule has 126 valence electrons. The maximum Gasteiger partial charge on any atom is 0.399 e. The predicted octanol–water partition coefficient (Wildman–Crippen LogP) is 5.64. The zero-order valence-electron chi connectivity index (χ0n) is 14.3. The number of unbranched alkanes of at least 4 members (excludes halogenated alkanes) is 10. The van der Waals surface area contributed by atoms with Crippen molar-refractivity contribution in [3.8, 4) is 0 Å². The second-order valence-electron chi connectivity index (χ2n) is 5.75. The van der Waals surface area contributed by atoms with E-state index in [4.69, 9.17) is 10.1 Å². The topological polar surface area (TPSA) is 54.5 Å². The normalized spacial score (nSPS) is 10.7. The number of hydrogen-bond donors (Lipinski definition) is 0. The third-order valence-corrected chi connectivity index (χ3v) is 3.62. The van der Waals surface area contributed by atoms with Crippen LogP contribution in [0, 0.1) is 5.39 Å². The van der Waals surface area contributed by atoms with Crippen molar-refractivity contribution >= 4 is 5.97 Å². The largest absolute Gasteiger partial charge is 0.460 e. The standard InChI is InChI=1S/C18H33N2O2/c1-2-3-4-5-6-7-8-9-10-11-12-13-14-15-16-22-18(21)17-20-19/h5-6H,2-4,7-17H2,1H3/q+1/b6-5-. The van der Waals surface area contributed by atoms with Crippen LogP contribution in [0.15, 0.2) is 12.2 Å². The highest BCUT2D eigenvalue weighted by Gasteiger charge is 2.08. The number of nitrogens with zero attached hydrogens (tertiary/aromatic N) is 2. The highest BCUT2D eigenvalue weighted by molar-refractivity contribution is 5.73. The molecule has 0 atom stereocenters. The predicted molar refractivity (Wildman–Crippen MR) is 91.1 cm³/mol. The first-order chi connectivity index (χ1) is 10.8. The Morgan fingerprint density at radius 3 is 2.05 bits per heavy atom. The van der Waals surface area contributed by atoms with Gasteiger partial charge in [0.2, 0.25) is 5.39 Å². The molecule has 0 aromatic heterocycles. The lowest BCUT2D eigenvalue weighted by Crippen LogP contribution is -2.07. The Balaban J connectivity index is 3.10. The summed E-state index contributed by atoms with van der Waals surface area (Å²) in [5, 5.41) is 8.18. The van der Waals surface area contributed by atoms with Crippen LogP contribution in [0.25, 0.3) is 4.98 Å². The summed E-state index contributed by atoms with van der Waals surface area (Å²) in [6.45, 7) is 2.42. The van der Waals surface area contributed by atoms with E-state index in [0.29, 0.717) is 6.61 Å². The lowest BCUT2D eigenvalue weighted by molar-refractivity contribution is -0.141. The van der Waals surface area contributed by atoms with Gasteiger partial charge >= 0.3 is 12.5 Å². The summed E-state index contributed by atoms with van der Waals surface area (Å²) in [5.41, 5.74) is 0. The van der Waals surface area contributed by atoms with Gasteiger partial charge in [-0.1, -0.05) is 70.4 Å². The molecule has 0 heterocycles. The summed E-state index contributed by atoms with van der Waals surface area (Å²) in [7, 11) is 0. The van der Waals surface area contributed by atoms with E-state index in [1.807, 2.05) is 0 Å². The van der Waals surface area contributed by atoms with Crippen LogP contribution >= 0.6 is 0 Å². The molecule has 0 saturated heterocycles. The van der Waals surface area contributed by atoms with Gasteiger partial charge in [-0.15, -0.1) is 0 Å². The van der Waals surface area contributed by atoms with E-state index in [0.717, 1.165) is 12.8 Å². The van der Waals surface area contributed by atoms with E-state index in [-0.39, 0.29) is 6.54 Å². The van der Waals surface area contributed by atoms with Crippen molar-refractivity contribution in [2.75, 3.05) is 13.2 Å². The Bertz CT molecular complexity index is 322. The van der Waals surface area contributed by atoms with Crippen LogP contribution in [-0.4, -0.2) is 19.1 Å². The zero-order valence-corrected chi connectivity index (χ0v) is 14.3. The van der Waals surface area contributed by atoms with Gasteiger partial charge in [-0.2, -0.15) is 0 Å². The molecule has 0 N–H and O–H groups in total. The average molecular weight is 309 g/mol. The third-order valence-electron chi connectivity index (χ3n) is 3.62. The van der Waals surface area contributed by atoms with Gasteiger partial charge in [-0.05, 0) is 25.7 Å². The van der Waals surface area contributed by atoms with Crippen LogP contribution < -0.4 is 0 Å². The van der Waals surface area contributed by atoms with E-state index >= 15 is 0 Å². The number of hydrogen-bond acceptors (Lipinski definition) is 3. The molecule has 4 heteroatoms. The lowest BCUT2D eigenvalue weighted by atomic mass is 10.1. The number of carbonyl (C=O) groups excluding carboxylic acids is 1. The lowest BCUT2D eigenvalue weighted by Gasteiger charge is -2.02. The number of rotatable bonds is 15. The number of diazo groups is 1. The van der Waals surface area contributed by atoms with Gasteiger partial charge < -0.3 is 4.74 Å². The minimum absolute atomic E-state index is 0.256. The fraction of sp³-hybridized carbons (Fsp3) is 0.833. The average Bonchev–Trinajstić information content (AvgIpc) is 2.51. The van der Waals surface area contributed by atoms with Crippen molar-refractivity contribution < 1.29 is 9.53 Å². The molecule has 0 aliphatic carbocycles. The Labute approximate surface area is 135 Å². The monoisotopic (exact) mass is 309 g/mol. The molecule has 0 radical (unpaired) electrons.